The van der Waals surface area contributed by atoms with Crippen LogP contribution in [0.15, 0.2) is 61.3 Å². The summed E-state index contributed by atoms with van der Waals surface area (Å²) in [6.45, 7) is 0.559. The highest BCUT2D eigenvalue weighted by Crippen LogP contribution is 2.11. The molecule has 100 valence electrons. The quantitative estimate of drug-likeness (QED) is 0.791. The average Bonchev–Trinajstić information content (AvgIpc) is 3.00. The van der Waals surface area contributed by atoms with Crippen molar-refractivity contribution in [3.05, 3.63) is 72.7 Å². The van der Waals surface area contributed by atoms with Crippen molar-refractivity contribution in [3.8, 4) is 5.82 Å². The summed E-state index contributed by atoms with van der Waals surface area (Å²) in [7, 11) is 0. The number of nitrogens with zero attached hydrogens (tertiary/aromatic N) is 3. The van der Waals surface area contributed by atoms with Gasteiger partial charge in [-0.15, -0.1) is 0 Å². The largest absolute Gasteiger partial charge is 0.380 e. The Morgan fingerprint density at radius 2 is 2.15 bits per heavy atom. The number of hydrogen-bond acceptors (Lipinski definition) is 3. The molecule has 20 heavy (non-hydrogen) atoms. The van der Waals surface area contributed by atoms with Gasteiger partial charge < -0.3 is 5.32 Å². The molecule has 0 saturated carbocycles. The molecule has 0 bridgehead atoms. The highest BCUT2D eigenvalue weighted by atomic mass is 19.1. The molecule has 0 aliphatic rings. The molecule has 3 rings (SSSR count). The molecular weight excluding hydrogens is 255 g/mol. The molecule has 0 unspecified atom stereocenters. The molecule has 1 aromatic carbocycles. The Labute approximate surface area is 115 Å². The number of imidazole rings is 1. The molecular formula is C15H13FN4. The van der Waals surface area contributed by atoms with E-state index in [4.69, 9.17) is 0 Å². The SMILES string of the molecule is Fc1cccc(CNc2ccc(-n3ccnc3)nc2)c1. The molecule has 0 spiro atoms. The van der Waals surface area contributed by atoms with Crippen molar-refractivity contribution in [3.63, 3.8) is 0 Å². The standard InChI is InChI=1S/C15H13FN4/c16-13-3-1-2-12(8-13)9-18-14-4-5-15(19-10-14)20-7-6-17-11-20/h1-8,10-11,18H,9H2. The van der Waals surface area contributed by atoms with Gasteiger partial charge in [0.25, 0.3) is 0 Å². The smallest absolute Gasteiger partial charge is 0.137 e. The van der Waals surface area contributed by atoms with E-state index in [1.165, 1.54) is 12.1 Å². The maximum absolute atomic E-state index is 13.1. The van der Waals surface area contributed by atoms with Gasteiger partial charge in [0.1, 0.15) is 18.0 Å². The zero-order chi connectivity index (χ0) is 13.8. The number of nitrogens with one attached hydrogen (secondary N) is 1. The summed E-state index contributed by atoms with van der Waals surface area (Å²) in [5.74, 6) is 0.580. The minimum absolute atomic E-state index is 0.224. The molecule has 4 nitrogen and oxygen atoms in total. The van der Waals surface area contributed by atoms with Crippen molar-refractivity contribution in [2.45, 2.75) is 6.54 Å². The van der Waals surface area contributed by atoms with E-state index in [-0.39, 0.29) is 5.82 Å². The molecule has 0 fully saturated rings. The normalized spacial score (nSPS) is 10.4. The minimum atomic E-state index is -0.224. The zero-order valence-corrected chi connectivity index (χ0v) is 10.7. The molecule has 3 aromatic rings. The Morgan fingerprint density at radius 3 is 2.85 bits per heavy atom. The second kappa shape index (κ2) is 5.52. The second-order valence-corrected chi connectivity index (χ2v) is 4.36. The van der Waals surface area contributed by atoms with Crippen LogP contribution in [0.1, 0.15) is 5.56 Å². The van der Waals surface area contributed by atoms with Crippen molar-refractivity contribution in [2.75, 3.05) is 5.32 Å². The van der Waals surface area contributed by atoms with Crippen LogP contribution >= 0.6 is 0 Å². The fourth-order valence-corrected chi connectivity index (χ4v) is 1.89. The summed E-state index contributed by atoms with van der Waals surface area (Å²) in [5, 5.41) is 3.21. The van der Waals surface area contributed by atoms with E-state index in [0.717, 1.165) is 17.1 Å². The van der Waals surface area contributed by atoms with Crippen molar-refractivity contribution in [1.82, 2.24) is 14.5 Å². The van der Waals surface area contributed by atoms with Gasteiger partial charge in [0.15, 0.2) is 0 Å². The lowest BCUT2D eigenvalue weighted by atomic mass is 10.2. The fraction of sp³-hybridized carbons (Fsp3) is 0.0667. The number of benzene rings is 1. The lowest BCUT2D eigenvalue weighted by Crippen LogP contribution is -2.01. The van der Waals surface area contributed by atoms with Crippen LogP contribution in [-0.4, -0.2) is 14.5 Å². The van der Waals surface area contributed by atoms with Gasteiger partial charge in [-0.2, -0.15) is 0 Å². The Morgan fingerprint density at radius 1 is 1.20 bits per heavy atom. The predicted molar refractivity (Wildman–Crippen MR) is 75.1 cm³/mol. The Kier molecular flexibility index (Phi) is 3.41. The van der Waals surface area contributed by atoms with Gasteiger partial charge in [-0.25, -0.2) is 14.4 Å². The molecule has 1 N–H and O–H groups in total. The molecule has 0 amide bonds. The number of anilines is 1. The van der Waals surface area contributed by atoms with Crippen LogP contribution in [0.25, 0.3) is 5.82 Å². The van der Waals surface area contributed by atoms with Gasteiger partial charge in [0.05, 0.1) is 11.9 Å². The van der Waals surface area contributed by atoms with E-state index in [2.05, 4.69) is 15.3 Å². The monoisotopic (exact) mass is 268 g/mol. The van der Waals surface area contributed by atoms with Crippen LogP contribution in [0.2, 0.25) is 0 Å². The lowest BCUT2D eigenvalue weighted by molar-refractivity contribution is 0.626. The second-order valence-electron chi connectivity index (χ2n) is 4.36. The highest BCUT2D eigenvalue weighted by molar-refractivity contribution is 5.44. The van der Waals surface area contributed by atoms with Crippen molar-refractivity contribution < 1.29 is 4.39 Å². The topological polar surface area (TPSA) is 42.7 Å². The number of halogens is 1. The van der Waals surface area contributed by atoms with E-state index < -0.39 is 0 Å². The Balaban J connectivity index is 1.67. The maximum atomic E-state index is 13.1. The third-order valence-corrected chi connectivity index (χ3v) is 2.90. The first-order valence-corrected chi connectivity index (χ1v) is 6.24. The molecule has 0 aliphatic heterocycles. The zero-order valence-electron chi connectivity index (χ0n) is 10.7. The van der Waals surface area contributed by atoms with E-state index in [1.54, 1.807) is 24.8 Å². The average molecular weight is 268 g/mol. The lowest BCUT2D eigenvalue weighted by Gasteiger charge is -2.07. The molecule has 2 heterocycles. The first-order chi connectivity index (χ1) is 9.81. The summed E-state index contributed by atoms with van der Waals surface area (Å²) in [6, 6.07) is 10.4. The van der Waals surface area contributed by atoms with Crippen LogP contribution in [-0.2, 0) is 6.54 Å². The minimum Gasteiger partial charge on any atom is -0.380 e. The molecule has 0 saturated heterocycles. The predicted octanol–water partition coefficient (Wildman–Crippen LogP) is 3.02. The molecule has 5 heteroatoms. The summed E-state index contributed by atoms with van der Waals surface area (Å²) in [6.07, 6.45) is 6.98. The van der Waals surface area contributed by atoms with Gasteiger partial charge in [-0.1, -0.05) is 12.1 Å². The molecule has 0 radical (unpaired) electrons. The van der Waals surface area contributed by atoms with Gasteiger partial charge >= 0.3 is 0 Å². The van der Waals surface area contributed by atoms with Gasteiger partial charge in [-0.3, -0.25) is 4.57 Å². The van der Waals surface area contributed by atoms with Crippen LogP contribution in [0, 0.1) is 5.82 Å². The van der Waals surface area contributed by atoms with E-state index in [0.29, 0.717) is 6.54 Å². The number of aromatic nitrogens is 3. The van der Waals surface area contributed by atoms with Gasteiger partial charge in [0, 0.05) is 18.9 Å². The van der Waals surface area contributed by atoms with Crippen molar-refractivity contribution in [2.24, 2.45) is 0 Å². The highest BCUT2D eigenvalue weighted by Gasteiger charge is 1.99. The van der Waals surface area contributed by atoms with E-state index in [9.17, 15) is 4.39 Å². The first-order valence-electron chi connectivity index (χ1n) is 6.24. The van der Waals surface area contributed by atoms with Crippen molar-refractivity contribution >= 4 is 5.69 Å². The molecule has 0 atom stereocenters. The van der Waals surface area contributed by atoms with Gasteiger partial charge in [0.2, 0.25) is 0 Å². The Bertz CT molecular complexity index is 677. The van der Waals surface area contributed by atoms with E-state index >= 15 is 0 Å². The van der Waals surface area contributed by atoms with E-state index in [1.807, 2.05) is 29.0 Å². The molecule has 2 aromatic heterocycles. The third-order valence-electron chi connectivity index (χ3n) is 2.90. The number of pyridine rings is 1. The van der Waals surface area contributed by atoms with Gasteiger partial charge in [-0.05, 0) is 29.8 Å². The number of hydrogen-bond donors (Lipinski definition) is 1. The maximum Gasteiger partial charge on any atom is 0.137 e. The summed E-state index contributed by atoms with van der Waals surface area (Å²) >= 11 is 0. The Hall–Kier alpha value is -2.69. The molecule has 0 aliphatic carbocycles. The summed E-state index contributed by atoms with van der Waals surface area (Å²) < 4.78 is 14.9. The third kappa shape index (κ3) is 2.83. The van der Waals surface area contributed by atoms with Crippen LogP contribution < -0.4 is 5.32 Å². The van der Waals surface area contributed by atoms with Crippen molar-refractivity contribution in [1.29, 1.82) is 0 Å². The number of rotatable bonds is 4. The fourth-order valence-electron chi connectivity index (χ4n) is 1.89. The first kappa shape index (κ1) is 12.3. The van der Waals surface area contributed by atoms with Crippen LogP contribution in [0.3, 0.4) is 0 Å². The van der Waals surface area contributed by atoms with Crippen LogP contribution in [0.4, 0.5) is 10.1 Å². The summed E-state index contributed by atoms with van der Waals surface area (Å²) in [5.41, 5.74) is 1.78. The summed E-state index contributed by atoms with van der Waals surface area (Å²) in [4.78, 5) is 8.31. The van der Waals surface area contributed by atoms with Crippen LogP contribution in [0.5, 0.6) is 0 Å².